The van der Waals surface area contributed by atoms with E-state index in [1.165, 1.54) is 4.31 Å². The van der Waals surface area contributed by atoms with Gasteiger partial charge >= 0.3 is 0 Å². The van der Waals surface area contributed by atoms with Gasteiger partial charge in [0.15, 0.2) is 0 Å². The molecule has 0 aliphatic carbocycles. The van der Waals surface area contributed by atoms with Gasteiger partial charge in [-0.05, 0) is 24.6 Å². The zero-order valence-electron chi connectivity index (χ0n) is 11.7. The average molecular weight is 374 g/mol. The average Bonchev–Trinajstić information content (AvgIpc) is 2.77. The van der Waals surface area contributed by atoms with Crippen LogP contribution in [0.1, 0.15) is 6.42 Å². The van der Waals surface area contributed by atoms with Gasteiger partial charge in [-0.1, -0.05) is 0 Å². The van der Waals surface area contributed by atoms with Crippen molar-refractivity contribution in [1.82, 2.24) is 4.31 Å². The van der Waals surface area contributed by atoms with Crippen LogP contribution in [0.15, 0.2) is 23.1 Å². The van der Waals surface area contributed by atoms with Gasteiger partial charge in [0.1, 0.15) is 5.82 Å². The Balaban J connectivity index is 0.00000242. The zero-order valence-corrected chi connectivity index (χ0v) is 14.1. The second-order valence-electron chi connectivity index (χ2n) is 4.93. The highest BCUT2D eigenvalue weighted by molar-refractivity contribution is 7.92. The van der Waals surface area contributed by atoms with Crippen LogP contribution in [0.25, 0.3) is 0 Å². The SMILES string of the molecule is CS(=O)(=O)Nc1ccc(S(=O)(=O)N2CC[C@@H](N)C2)cc1F.Cl. The Kier molecular flexibility index (Phi) is 5.79. The summed E-state index contributed by atoms with van der Waals surface area (Å²) in [6, 6.07) is 2.82. The number of sulfonamides is 2. The minimum absolute atomic E-state index is 0. The molecule has 22 heavy (non-hydrogen) atoms. The number of nitrogens with one attached hydrogen (secondary N) is 1. The number of hydrogen-bond acceptors (Lipinski definition) is 5. The number of halogens is 2. The fourth-order valence-electron chi connectivity index (χ4n) is 2.06. The van der Waals surface area contributed by atoms with E-state index in [-0.39, 0.29) is 42.1 Å². The minimum atomic E-state index is -3.82. The van der Waals surface area contributed by atoms with Crippen LogP contribution in [0, 0.1) is 5.82 Å². The van der Waals surface area contributed by atoms with Crippen LogP contribution in [0.3, 0.4) is 0 Å². The standard InChI is InChI=1S/C11H16FN3O4S2.ClH/c1-20(16,17)14-11-3-2-9(6-10(11)12)21(18,19)15-5-4-8(13)7-15;/h2-3,6,8,14H,4-5,7,13H2,1H3;1H/t8-;/m1./s1. The third-order valence-electron chi connectivity index (χ3n) is 3.06. The molecule has 1 aliphatic heterocycles. The maximum Gasteiger partial charge on any atom is 0.243 e. The van der Waals surface area contributed by atoms with Crippen LogP contribution in [0.2, 0.25) is 0 Å². The second kappa shape index (κ2) is 6.67. The summed E-state index contributed by atoms with van der Waals surface area (Å²) in [5, 5.41) is 0. The predicted octanol–water partition coefficient (Wildman–Crippen LogP) is 0.341. The molecule has 11 heteroatoms. The highest BCUT2D eigenvalue weighted by Gasteiger charge is 2.31. The van der Waals surface area contributed by atoms with E-state index in [0.717, 1.165) is 24.5 Å². The van der Waals surface area contributed by atoms with Crippen LogP contribution in [-0.4, -0.2) is 46.5 Å². The summed E-state index contributed by atoms with van der Waals surface area (Å²) in [7, 11) is -7.46. The normalized spacial score (nSPS) is 19.7. The number of benzene rings is 1. The van der Waals surface area contributed by atoms with E-state index in [0.29, 0.717) is 6.42 Å². The molecule has 0 unspecified atom stereocenters. The number of nitrogens with zero attached hydrogens (tertiary/aromatic N) is 1. The largest absolute Gasteiger partial charge is 0.326 e. The van der Waals surface area contributed by atoms with Crippen molar-refractivity contribution in [3.05, 3.63) is 24.0 Å². The molecule has 0 aromatic heterocycles. The molecule has 1 aliphatic rings. The highest BCUT2D eigenvalue weighted by atomic mass is 35.5. The summed E-state index contributed by atoms with van der Waals surface area (Å²) in [5.74, 6) is -0.954. The molecule has 1 saturated heterocycles. The Hall–Kier alpha value is -0.940. The first kappa shape index (κ1) is 19.1. The topological polar surface area (TPSA) is 110 Å². The monoisotopic (exact) mass is 373 g/mol. The quantitative estimate of drug-likeness (QED) is 0.790. The van der Waals surface area contributed by atoms with E-state index in [4.69, 9.17) is 5.73 Å². The zero-order chi connectivity index (χ0) is 15.8. The number of anilines is 1. The van der Waals surface area contributed by atoms with E-state index in [1.807, 2.05) is 4.72 Å². The van der Waals surface area contributed by atoms with Gasteiger partial charge in [-0.3, -0.25) is 4.72 Å². The van der Waals surface area contributed by atoms with Gasteiger partial charge in [-0.15, -0.1) is 12.4 Å². The second-order valence-corrected chi connectivity index (χ2v) is 8.61. The lowest BCUT2D eigenvalue weighted by molar-refractivity contribution is 0.471. The molecular formula is C11H17ClFN3O4S2. The predicted molar refractivity (Wildman–Crippen MR) is 83.5 cm³/mol. The summed E-state index contributed by atoms with van der Waals surface area (Å²) in [6.07, 6.45) is 1.43. The molecule has 126 valence electrons. The number of hydrogen-bond donors (Lipinski definition) is 2. The summed E-state index contributed by atoms with van der Waals surface area (Å²) in [6.45, 7) is 0.474. The number of rotatable bonds is 4. The molecule has 0 radical (unpaired) electrons. The molecule has 7 nitrogen and oxygen atoms in total. The van der Waals surface area contributed by atoms with Crippen molar-refractivity contribution in [3.8, 4) is 0 Å². The molecule has 3 N–H and O–H groups in total. The summed E-state index contributed by atoms with van der Waals surface area (Å²) in [4.78, 5) is -0.229. The van der Waals surface area contributed by atoms with Crippen LogP contribution >= 0.6 is 12.4 Å². The smallest absolute Gasteiger partial charge is 0.243 e. The molecule has 0 bridgehead atoms. The molecule has 2 rings (SSSR count). The maximum absolute atomic E-state index is 13.8. The van der Waals surface area contributed by atoms with Crippen molar-refractivity contribution in [2.24, 2.45) is 5.73 Å². The molecule has 1 fully saturated rings. The van der Waals surface area contributed by atoms with Crippen LogP contribution in [0.5, 0.6) is 0 Å². The maximum atomic E-state index is 13.8. The Morgan fingerprint density at radius 2 is 1.95 bits per heavy atom. The fourth-order valence-corrected chi connectivity index (χ4v) is 4.15. The molecule has 1 heterocycles. The molecular weight excluding hydrogens is 357 g/mol. The van der Waals surface area contributed by atoms with Crippen LogP contribution in [0.4, 0.5) is 10.1 Å². The van der Waals surface area contributed by atoms with Gasteiger partial charge in [0, 0.05) is 19.1 Å². The van der Waals surface area contributed by atoms with Gasteiger partial charge in [0.05, 0.1) is 16.8 Å². The lowest BCUT2D eigenvalue weighted by Crippen LogP contribution is -2.32. The fraction of sp³-hybridized carbons (Fsp3) is 0.455. The van der Waals surface area contributed by atoms with Crippen LogP contribution < -0.4 is 10.5 Å². The first-order valence-corrected chi connectivity index (χ1v) is 9.46. The summed E-state index contributed by atoms with van der Waals surface area (Å²) < 4.78 is 63.7. The van der Waals surface area contributed by atoms with E-state index in [2.05, 4.69) is 0 Å². The first-order chi connectivity index (χ1) is 9.59. The molecule has 1 atom stereocenters. The van der Waals surface area contributed by atoms with Gasteiger partial charge in [0.25, 0.3) is 0 Å². The van der Waals surface area contributed by atoms with Gasteiger partial charge in [-0.25, -0.2) is 21.2 Å². The third kappa shape index (κ3) is 4.29. The number of nitrogens with two attached hydrogens (primary N) is 1. The van der Waals surface area contributed by atoms with Crippen molar-refractivity contribution in [2.45, 2.75) is 17.4 Å². The van der Waals surface area contributed by atoms with E-state index < -0.39 is 25.9 Å². The Morgan fingerprint density at radius 1 is 1.32 bits per heavy atom. The van der Waals surface area contributed by atoms with Gasteiger partial charge in [-0.2, -0.15) is 4.31 Å². The highest BCUT2D eigenvalue weighted by Crippen LogP contribution is 2.24. The van der Waals surface area contributed by atoms with Crippen LogP contribution in [-0.2, 0) is 20.0 Å². The Morgan fingerprint density at radius 3 is 2.41 bits per heavy atom. The molecule has 1 aromatic carbocycles. The lowest BCUT2D eigenvalue weighted by Gasteiger charge is -2.16. The van der Waals surface area contributed by atoms with Crippen molar-refractivity contribution < 1.29 is 21.2 Å². The molecule has 1 aromatic rings. The van der Waals surface area contributed by atoms with Gasteiger partial charge in [0.2, 0.25) is 20.0 Å². The Labute approximate surface area is 135 Å². The molecule has 0 amide bonds. The van der Waals surface area contributed by atoms with Crippen molar-refractivity contribution >= 4 is 38.1 Å². The van der Waals surface area contributed by atoms with Crippen molar-refractivity contribution in [3.63, 3.8) is 0 Å². The minimum Gasteiger partial charge on any atom is -0.326 e. The summed E-state index contributed by atoms with van der Waals surface area (Å²) >= 11 is 0. The van der Waals surface area contributed by atoms with Crippen molar-refractivity contribution in [2.75, 3.05) is 24.1 Å². The van der Waals surface area contributed by atoms with E-state index in [1.54, 1.807) is 0 Å². The first-order valence-electron chi connectivity index (χ1n) is 6.13. The van der Waals surface area contributed by atoms with E-state index >= 15 is 0 Å². The molecule has 0 spiro atoms. The van der Waals surface area contributed by atoms with E-state index in [9.17, 15) is 21.2 Å². The lowest BCUT2D eigenvalue weighted by atomic mass is 10.3. The molecule has 0 saturated carbocycles. The summed E-state index contributed by atoms with van der Waals surface area (Å²) in [5.41, 5.74) is 5.37. The van der Waals surface area contributed by atoms with Crippen molar-refractivity contribution in [1.29, 1.82) is 0 Å². The Bertz CT molecular complexity index is 755. The third-order valence-corrected chi connectivity index (χ3v) is 5.51. The van der Waals surface area contributed by atoms with Gasteiger partial charge < -0.3 is 5.73 Å².